The summed E-state index contributed by atoms with van der Waals surface area (Å²) in [5.41, 5.74) is 0.425. The molecule has 0 saturated heterocycles. The SMILES string of the molecule is O=[N+]([O-])c1cc(-c2cnco2)ccc1Cl. The molecular formula is C9H5ClN2O3. The number of oxazole rings is 1. The van der Waals surface area contributed by atoms with E-state index < -0.39 is 4.92 Å². The highest BCUT2D eigenvalue weighted by Crippen LogP contribution is 2.29. The molecule has 0 unspecified atom stereocenters. The molecule has 0 bridgehead atoms. The van der Waals surface area contributed by atoms with Crippen molar-refractivity contribution in [2.45, 2.75) is 0 Å². The minimum Gasteiger partial charge on any atom is -0.444 e. The fraction of sp³-hybridized carbons (Fsp3) is 0. The molecule has 2 rings (SSSR count). The van der Waals surface area contributed by atoms with Crippen LogP contribution in [0.1, 0.15) is 0 Å². The van der Waals surface area contributed by atoms with Crippen LogP contribution in [0.2, 0.25) is 5.02 Å². The van der Waals surface area contributed by atoms with Crippen LogP contribution in [0.25, 0.3) is 11.3 Å². The summed E-state index contributed by atoms with van der Waals surface area (Å²) in [6.07, 6.45) is 2.74. The van der Waals surface area contributed by atoms with E-state index in [2.05, 4.69) is 4.98 Å². The van der Waals surface area contributed by atoms with E-state index in [1.54, 1.807) is 6.07 Å². The molecule has 1 aromatic heterocycles. The number of rotatable bonds is 2. The maximum absolute atomic E-state index is 10.6. The Labute approximate surface area is 89.5 Å². The molecule has 76 valence electrons. The molecular weight excluding hydrogens is 220 g/mol. The molecule has 0 saturated carbocycles. The summed E-state index contributed by atoms with van der Waals surface area (Å²) in [6.45, 7) is 0. The van der Waals surface area contributed by atoms with E-state index in [9.17, 15) is 10.1 Å². The van der Waals surface area contributed by atoms with E-state index in [4.69, 9.17) is 16.0 Å². The van der Waals surface area contributed by atoms with Crippen LogP contribution in [0.5, 0.6) is 0 Å². The largest absolute Gasteiger partial charge is 0.444 e. The molecule has 0 atom stereocenters. The van der Waals surface area contributed by atoms with E-state index in [-0.39, 0.29) is 10.7 Å². The Morgan fingerprint density at radius 3 is 2.87 bits per heavy atom. The maximum atomic E-state index is 10.6. The van der Waals surface area contributed by atoms with Gasteiger partial charge in [0, 0.05) is 11.6 Å². The first-order valence-corrected chi connectivity index (χ1v) is 4.39. The van der Waals surface area contributed by atoms with Crippen LogP contribution in [-0.4, -0.2) is 9.91 Å². The lowest BCUT2D eigenvalue weighted by molar-refractivity contribution is -0.384. The first-order valence-electron chi connectivity index (χ1n) is 4.01. The zero-order valence-electron chi connectivity index (χ0n) is 7.38. The van der Waals surface area contributed by atoms with Crippen molar-refractivity contribution in [2.24, 2.45) is 0 Å². The molecule has 2 aromatic rings. The highest BCUT2D eigenvalue weighted by molar-refractivity contribution is 6.32. The third-order valence-electron chi connectivity index (χ3n) is 1.86. The second kappa shape index (κ2) is 3.70. The summed E-state index contributed by atoms with van der Waals surface area (Å²) in [5.74, 6) is 0.467. The van der Waals surface area contributed by atoms with Crippen molar-refractivity contribution in [2.75, 3.05) is 0 Å². The molecule has 0 aliphatic carbocycles. The van der Waals surface area contributed by atoms with Gasteiger partial charge >= 0.3 is 0 Å². The number of nitrogens with zero attached hydrogens (tertiary/aromatic N) is 2. The van der Waals surface area contributed by atoms with E-state index in [1.807, 2.05) is 0 Å². The van der Waals surface area contributed by atoms with Crippen LogP contribution in [-0.2, 0) is 0 Å². The van der Waals surface area contributed by atoms with Crippen molar-refractivity contribution < 1.29 is 9.34 Å². The fourth-order valence-electron chi connectivity index (χ4n) is 1.16. The lowest BCUT2D eigenvalue weighted by Gasteiger charge is -1.98. The van der Waals surface area contributed by atoms with E-state index in [0.29, 0.717) is 11.3 Å². The van der Waals surface area contributed by atoms with Gasteiger partial charge in [-0.2, -0.15) is 0 Å². The Bertz CT molecular complexity index is 496. The molecule has 0 aliphatic rings. The second-order valence-electron chi connectivity index (χ2n) is 2.79. The molecule has 0 amide bonds. The molecule has 6 heteroatoms. The first-order chi connectivity index (χ1) is 7.18. The monoisotopic (exact) mass is 224 g/mol. The van der Waals surface area contributed by atoms with Gasteiger partial charge in [-0.1, -0.05) is 11.6 Å². The van der Waals surface area contributed by atoms with Crippen molar-refractivity contribution in [1.29, 1.82) is 0 Å². The van der Waals surface area contributed by atoms with Crippen LogP contribution in [0.3, 0.4) is 0 Å². The van der Waals surface area contributed by atoms with Gasteiger partial charge in [-0.05, 0) is 12.1 Å². The number of hydrogen-bond donors (Lipinski definition) is 0. The van der Waals surface area contributed by atoms with Crippen LogP contribution in [0.4, 0.5) is 5.69 Å². The van der Waals surface area contributed by atoms with Gasteiger partial charge in [-0.3, -0.25) is 10.1 Å². The highest BCUT2D eigenvalue weighted by Gasteiger charge is 2.14. The van der Waals surface area contributed by atoms with Crippen molar-refractivity contribution in [3.05, 3.63) is 45.9 Å². The number of nitro groups is 1. The number of aromatic nitrogens is 1. The molecule has 5 nitrogen and oxygen atoms in total. The Hall–Kier alpha value is -1.88. The topological polar surface area (TPSA) is 69.2 Å². The second-order valence-corrected chi connectivity index (χ2v) is 3.20. The zero-order valence-corrected chi connectivity index (χ0v) is 8.14. The predicted octanol–water partition coefficient (Wildman–Crippen LogP) is 2.90. The summed E-state index contributed by atoms with van der Waals surface area (Å²) in [7, 11) is 0. The van der Waals surface area contributed by atoms with Crippen LogP contribution >= 0.6 is 11.6 Å². The van der Waals surface area contributed by atoms with Gasteiger partial charge < -0.3 is 4.42 Å². The Morgan fingerprint density at radius 1 is 1.47 bits per heavy atom. The van der Waals surface area contributed by atoms with Crippen molar-refractivity contribution in [1.82, 2.24) is 4.98 Å². The summed E-state index contributed by atoms with van der Waals surface area (Å²) in [4.78, 5) is 13.8. The average molecular weight is 225 g/mol. The van der Waals surface area contributed by atoms with E-state index in [1.165, 1.54) is 24.7 Å². The molecule has 0 aliphatic heterocycles. The molecule has 1 heterocycles. The van der Waals surface area contributed by atoms with Crippen LogP contribution < -0.4 is 0 Å². The van der Waals surface area contributed by atoms with E-state index in [0.717, 1.165) is 0 Å². The minimum atomic E-state index is -0.539. The Balaban J connectivity index is 2.52. The predicted molar refractivity (Wildman–Crippen MR) is 53.6 cm³/mol. The van der Waals surface area contributed by atoms with Gasteiger partial charge in [-0.25, -0.2) is 4.98 Å². The fourth-order valence-corrected chi connectivity index (χ4v) is 1.35. The molecule has 15 heavy (non-hydrogen) atoms. The summed E-state index contributed by atoms with van der Waals surface area (Å²) >= 11 is 5.66. The average Bonchev–Trinajstić information content (AvgIpc) is 2.71. The Kier molecular flexibility index (Phi) is 2.39. The summed E-state index contributed by atoms with van der Waals surface area (Å²) in [5, 5.41) is 10.7. The maximum Gasteiger partial charge on any atom is 0.288 e. The standard InChI is InChI=1S/C9H5ClN2O3/c10-7-2-1-6(3-8(7)12(13)14)9-4-11-5-15-9/h1-5H. The molecule has 1 aromatic carbocycles. The lowest BCUT2D eigenvalue weighted by Crippen LogP contribution is -1.89. The molecule has 0 fully saturated rings. The van der Waals surface area contributed by atoms with Gasteiger partial charge in [0.25, 0.3) is 5.69 Å². The van der Waals surface area contributed by atoms with Gasteiger partial charge in [0.05, 0.1) is 11.1 Å². The van der Waals surface area contributed by atoms with Crippen molar-refractivity contribution in [3.8, 4) is 11.3 Å². The third-order valence-corrected chi connectivity index (χ3v) is 2.18. The molecule has 0 N–H and O–H groups in total. The summed E-state index contributed by atoms with van der Waals surface area (Å²) < 4.78 is 5.02. The molecule has 0 radical (unpaired) electrons. The first kappa shape index (κ1) is 9.67. The van der Waals surface area contributed by atoms with Gasteiger partial charge in [-0.15, -0.1) is 0 Å². The number of nitro benzene ring substituents is 1. The minimum absolute atomic E-state index is 0.100. The van der Waals surface area contributed by atoms with Crippen molar-refractivity contribution >= 4 is 17.3 Å². The summed E-state index contributed by atoms with van der Waals surface area (Å²) in [6, 6.07) is 4.44. The van der Waals surface area contributed by atoms with Crippen molar-refractivity contribution in [3.63, 3.8) is 0 Å². The van der Waals surface area contributed by atoms with Gasteiger partial charge in [0.1, 0.15) is 5.02 Å². The zero-order chi connectivity index (χ0) is 10.8. The third kappa shape index (κ3) is 1.82. The smallest absolute Gasteiger partial charge is 0.288 e. The Morgan fingerprint density at radius 2 is 2.27 bits per heavy atom. The number of hydrogen-bond acceptors (Lipinski definition) is 4. The van der Waals surface area contributed by atoms with E-state index >= 15 is 0 Å². The number of halogens is 1. The highest BCUT2D eigenvalue weighted by atomic mass is 35.5. The van der Waals surface area contributed by atoms with Crippen LogP contribution in [0, 0.1) is 10.1 Å². The molecule has 0 spiro atoms. The normalized spacial score (nSPS) is 10.2. The number of benzene rings is 1. The van der Waals surface area contributed by atoms with Crippen LogP contribution in [0.15, 0.2) is 35.2 Å². The van der Waals surface area contributed by atoms with Gasteiger partial charge in [0.2, 0.25) is 0 Å². The lowest BCUT2D eigenvalue weighted by atomic mass is 10.1. The quantitative estimate of drug-likeness (QED) is 0.581. The van der Waals surface area contributed by atoms with Gasteiger partial charge in [0.15, 0.2) is 12.2 Å².